The van der Waals surface area contributed by atoms with Crippen molar-refractivity contribution in [3.05, 3.63) is 198 Å². The first kappa shape index (κ1) is 27.2. The smallest absolute Gasteiger partial charge is 0.145 e. The van der Waals surface area contributed by atoms with E-state index in [1.54, 1.807) is 0 Å². The van der Waals surface area contributed by atoms with Crippen molar-refractivity contribution in [1.29, 1.82) is 0 Å². The minimum atomic E-state index is -0.539. The molecule has 0 bridgehead atoms. The normalized spacial score (nSPS) is 15.5. The van der Waals surface area contributed by atoms with Crippen LogP contribution in [-0.4, -0.2) is 14.1 Å². The summed E-state index contributed by atoms with van der Waals surface area (Å²) in [5, 5.41) is 5.04. The van der Waals surface area contributed by atoms with E-state index in [2.05, 4.69) is 185 Å². The highest BCUT2D eigenvalue weighted by Gasteiger charge is 2.51. The fourth-order valence-electron chi connectivity index (χ4n) is 9.56. The number of rotatable bonds is 2. The van der Waals surface area contributed by atoms with E-state index in [1.807, 2.05) is 0 Å². The van der Waals surface area contributed by atoms with Crippen LogP contribution in [0.5, 0.6) is 0 Å². The highest BCUT2D eigenvalue weighted by Crippen LogP contribution is 2.61. The number of para-hydroxylation sites is 3. The van der Waals surface area contributed by atoms with Crippen LogP contribution in [0.1, 0.15) is 22.3 Å². The van der Waals surface area contributed by atoms with Gasteiger partial charge in [0.15, 0.2) is 0 Å². The average Bonchev–Trinajstić information content (AvgIpc) is 3.85. The predicted molar refractivity (Wildman–Crippen MR) is 209 cm³/mol. The first-order chi connectivity index (χ1) is 25.3. The molecule has 8 aromatic carbocycles. The second-order valence-corrected chi connectivity index (χ2v) is 13.9. The molecule has 12 rings (SSSR count). The molecule has 1 unspecified atom stereocenters. The summed E-state index contributed by atoms with van der Waals surface area (Å²) in [4.78, 5) is 5.33. The molecule has 10 aromatic rings. The molecule has 2 aliphatic rings. The Morgan fingerprint density at radius 2 is 1.16 bits per heavy atom. The lowest BCUT2D eigenvalue weighted by Gasteiger charge is -2.39. The Bertz CT molecular complexity index is 3090. The summed E-state index contributed by atoms with van der Waals surface area (Å²) in [7, 11) is 0. The number of fused-ring (bicyclic) bond motifs is 14. The summed E-state index contributed by atoms with van der Waals surface area (Å²) in [6, 6.07) is 64.7. The second-order valence-electron chi connectivity index (χ2n) is 13.9. The Morgan fingerprint density at radius 1 is 0.431 bits per heavy atom. The first-order valence-electron chi connectivity index (χ1n) is 17.7. The summed E-state index contributed by atoms with van der Waals surface area (Å²) < 4.78 is 4.90. The van der Waals surface area contributed by atoms with Gasteiger partial charge in [-0.15, -0.1) is 0 Å². The van der Waals surface area contributed by atoms with Gasteiger partial charge in [0.1, 0.15) is 5.82 Å². The van der Waals surface area contributed by atoms with Gasteiger partial charge in [-0.2, -0.15) is 0 Å². The summed E-state index contributed by atoms with van der Waals surface area (Å²) in [6.45, 7) is 0. The number of aromatic nitrogens is 3. The maximum atomic E-state index is 5.33. The van der Waals surface area contributed by atoms with Crippen LogP contribution in [0.25, 0.3) is 77.5 Å². The van der Waals surface area contributed by atoms with Crippen molar-refractivity contribution in [2.24, 2.45) is 0 Å². The molecule has 1 atom stereocenters. The Balaban J connectivity index is 1.24. The first-order valence-corrected chi connectivity index (χ1v) is 17.7. The lowest BCUT2D eigenvalue weighted by Crippen LogP contribution is -2.33. The minimum Gasteiger partial charge on any atom is -0.309 e. The van der Waals surface area contributed by atoms with Crippen molar-refractivity contribution in [3.63, 3.8) is 0 Å². The van der Waals surface area contributed by atoms with E-state index >= 15 is 0 Å². The lowest BCUT2D eigenvalue weighted by atomic mass is 9.65. The molecule has 1 aliphatic carbocycles. The molecule has 1 aliphatic heterocycles. The van der Waals surface area contributed by atoms with Crippen molar-refractivity contribution >= 4 is 43.6 Å². The number of hydrogen-bond acceptors (Lipinski definition) is 1. The van der Waals surface area contributed by atoms with E-state index in [9.17, 15) is 0 Å². The molecule has 3 nitrogen and oxygen atoms in total. The van der Waals surface area contributed by atoms with E-state index in [-0.39, 0.29) is 0 Å². The molecule has 236 valence electrons. The summed E-state index contributed by atoms with van der Waals surface area (Å²) in [5.41, 5.74) is 15.3. The van der Waals surface area contributed by atoms with Crippen molar-refractivity contribution in [1.82, 2.24) is 14.1 Å². The van der Waals surface area contributed by atoms with Crippen LogP contribution in [0, 0.1) is 0 Å². The molecule has 0 amide bonds. The van der Waals surface area contributed by atoms with E-state index in [0.29, 0.717) is 0 Å². The monoisotopic (exact) mass is 647 g/mol. The summed E-state index contributed by atoms with van der Waals surface area (Å²) in [5.74, 6) is 0.970. The van der Waals surface area contributed by atoms with Gasteiger partial charge in [-0.1, -0.05) is 146 Å². The molecule has 51 heavy (non-hydrogen) atoms. The standard InChI is InChI=1S/C48H29N3/c1-2-14-31(15-3-1)47-49-42-22-12-21-40-46(42)51(47)44-24-11-9-20-39(44)48(40)38-19-8-6-17-34(38)35-28-26-32(29-41(35)48)50-43-23-10-7-18-36(43)37-27-25-30-13-4-5-16-33(30)45(37)50/h1-29H. The van der Waals surface area contributed by atoms with Crippen molar-refractivity contribution < 1.29 is 0 Å². The topological polar surface area (TPSA) is 22.8 Å². The Morgan fingerprint density at radius 3 is 2.08 bits per heavy atom. The molecule has 0 saturated heterocycles. The molecule has 3 heterocycles. The number of hydrogen-bond donors (Lipinski definition) is 0. The molecule has 2 aromatic heterocycles. The van der Waals surface area contributed by atoms with Crippen LogP contribution < -0.4 is 0 Å². The van der Waals surface area contributed by atoms with Gasteiger partial charge >= 0.3 is 0 Å². The summed E-state index contributed by atoms with van der Waals surface area (Å²) in [6.07, 6.45) is 0. The van der Waals surface area contributed by atoms with Gasteiger partial charge < -0.3 is 4.57 Å². The maximum Gasteiger partial charge on any atom is 0.145 e. The van der Waals surface area contributed by atoms with Gasteiger partial charge in [-0.25, -0.2) is 4.98 Å². The third-order valence-electron chi connectivity index (χ3n) is 11.5. The highest BCUT2D eigenvalue weighted by molar-refractivity contribution is 6.18. The molecule has 0 N–H and O–H groups in total. The molecule has 0 radical (unpaired) electrons. The van der Waals surface area contributed by atoms with Gasteiger partial charge in [0.2, 0.25) is 0 Å². The largest absolute Gasteiger partial charge is 0.309 e. The van der Waals surface area contributed by atoms with Crippen molar-refractivity contribution in [2.45, 2.75) is 5.41 Å². The molecular formula is C48H29N3. The van der Waals surface area contributed by atoms with Crippen LogP contribution >= 0.6 is 0 Å². The van der Waals surface area contributed by atoms with Crippen LogP contribution in [0.15, 0.2) is 176 Å². The van der Waals surface area contributed by atoms with Crippen LogP contribution in [0.3, 0.4) is 0 Å². The highest BCUT2D eigenvalue weighted by atomic mass is 15.1. The molecule has 0 saturated carbocycles. The minimum absolute atomic E-state index is 0.539. The van der Waals surface area contributed by atoms with Gasteiger partial charge in [0, 0.05) is 27.4 Å². The average molecular weight is 648 g/mol. The van der Waals surface area contributed by atoms with Gasteiger partial charge in [0.25, 0.3) is 0 Å². The lowest BCUT2D eigenvalue weighted by molar-refractivity contribution is 0.745. The maximum absolute atomic E-state index is 5.33. The molecule has 3 heteroatoms. The van der Waals surface area contributed by atoms with E-state index in [1.165, 1.54) is 77.2 Å². The number of nitrogens with zero attached hydrogens (tertiary/aromatic N) is 3. The fraction of sp³-hybridized carbons (Fsp3) is 0.0208. The van der Waals surface area contributed by atoms with Crippen LogP contribution in [-0.2, 0) is 5.41 Å². The Hall–Kier alpha value is -6.71. The predicted octanol–water partition coefficient (Wildman–Crippen LogP) is 11.6. The Labute approximate surface area is 294 Å². The van der Waals surface area contributed by atoms with Crippen molar-refractivity contribution in [2.75, 3.05) is 0 Å². The SMILES string of the molecule is c1ccc(-c2nc3cccc4c3n2-c2ccccc2C42c3ccccc3-c3ccc(-n4c5ccccc5c5ccc6ccccc6c54)cc32)cc1. The zero-order valence-corrected chi connectivity index (χ0v) is 27.6. The van der Waals surface area contributed by atoms with Gasteiger partial charge in [-0.3, -0.25) is 4.57 Å². The number of benzene rings is 8. The molecule has 1 spiro atoms. The van der Waals surface area contributed by atoms with Gasteiger partial charge in [-0.05, 0) is 69.1 Å². The molecule has 0 fully saturated rings. The fourth-order valence-corrected chi connectivity index (χ4v) is 9.56. The van der Waals surface area contributed by atoms with Crippen LogP contribution in [0.2, 0.25) is 0 Å². The quantitative estimate of drug-likeness (QED) is 0.183. The molecular weight excluding hydrogens is 619 g/mol. The zero-order chi connectivity index (χ0) is 33.3. The van der Waals surface area contributed by atoms with E-state index in [4.69, 9.17) is 4.98 Å². The number of imidazole rings is 1. The second kappa shape index (κ2) is 9.71. The van der Waals surface area contributed by atoms with E-state index < -0.39 is 5.41 Å². The van der Waals surface area contributed by atoms with Gasteiger partial charge in [0.05, 0.1) is 33.2 Å². The Kier molecular flexibility index (Phi) is 5.17. The zero-order valence-electron chi connectivity index (χ0n) is 27.6. The van der Waals surface area contributed by atoms with Crippen molar-refractivity contribution in [3.8, 4) is 33.9 Å². The summed E-state index contributed by atoms with van der Waals surface area (Å²) >= 11 is 0. The van der Waals surface area contributed by atoms with Crippen LogP contribution in [0.4, 0.5) is 0 Å². The third kappa shape index (κ3) is 3.31. The third-order valence-corrected chi connectivity index (χ3v) is 11.5. The van der Waals surface area contributed by atoms with E-state index in [0.717, 1.165) is 22.6 Å².